The van der Waals surface area contributed by atoms with E-state index in [0.717, 1.165) is 89.9 Å². The highest BCUT2D eigenvalue weighted by atomic mass is 16.6. The second kappa shape index (κ2) is 28.9. The van der Waals surface area contributed by atoms with Crippen LogP contribution in [0.15, 0.2) is 33.4 Å². The van der Waals surface area contributed by atoms with Crippen LogP contribution in [0.1, 0.15) is 129 Å². The van der Waals surface area contributed by atoms with E-state index in [2.05, 4.69) is 85.6 Å². The van der Waals surface area contributed by atoms with E-state index in [1.165, 1.54) is 17.7 Å². The van der Waals surface area contributed by atoms with E-state index in [9.17, 15) is 28.8 Å². The highest BCUT2D eigenvalue weighted by molar-refractivity contribution is 5.87. The summed E-state index contributed by atoms with van der Waals surface area (Å²) in [5, 5.41) is 16.1. The second-order valence-electron chi connectivity index (χ2n) is 15.7. The van der Waals surface area contributed by atoms with Gasteiger partial charge in [-0.2, -0.15) is 0 Å². The molecule has 0 aliphatic carbocycles. The number of anilines is 2. The van der Waals surface area contributed by atoms with Gasteiger partial charge >= 0.3 is 24.2 Å². The van der Waals surface area contributed by atoms with Crippen molar-refractivity contribution >= 4 is 36.1 Å². The van der Waals surface area contributed by atoms with E-state index < -0.39 is 24.2 Å². The number of carbonyl (C=O) groups is 4. The number of carbonyl (C=O) groups excluding carboxylic acids is 4. The number of urea groups is 2. The number of hydrogen-bond acceptors (Lipinski definition) is 10. The molecule has 2 heterocycles. The van der Waals surface area contributed by atoms with Crippen molar-refractivity contribution in [2.24, 2.45) is 11.3 Å². The molecule has 1 unspecified atom stereocenters. The summed E-state index contributed by atoms with van der Waals surface area (Å²) in [6.45, 7) is 15.0. The van der Waals surface area contributed by atoms with Crippen LogP contribution in [-0.2, 0) is 9.47 Å². The number of aryl methyl sites for hydroxylation is 2. The van der Waals surface area contributed by atoms with E-state index >= 15 is 0 Å². The number of nitrogens with one attached hydrogen (secondary N) is 8. The van der Waals surface area contributed by atoms with Crippen LogP contribution in [0.2, 0.25) is 0 Å². The Hall–Kier alpha value is -5.42. The molecular weight excluding hydrogens is 773 g/mol. The molecule has 2 rings (SSSR count). The summed E-state index contributed by atoms with van der Waals surface area (Å²) in [6, 6.07) is 1.83. The van der Waals surface area contributed by atoms with Gasteiger partial charge in [-0.05, 0) is 96.3 Å². The molecule has 18 nitrogen and oxygen atoms in total. The van der Waals surface area contributed by atoms with Crippen molar-refractivity contribution in [1.82, 2.24) is 41.2 Å². The van der Waals surface area contributed by atoms with Gasteiger partial charge in [0.25, 0.3) is 11.1 Å². The zero-order valence-electron chi connectivity index (χ0n) is 36.6. The quantitative estimate of drug-likeness (QED) is 0.0324. The number of hydrogen-bond donors (Lipinski definition) is 8. The van der Waals surface area contributed by atoms with E-state index in [1.807, 2.05) is 0 Å². The fourth-order valence-electron chi connectivity index (χ4n) is 6.47. The Bertz CT molecular complexity index is 1760. The smallest absolute Gasteiger partial charge is 0.407 e. The lowest BCUT2D eigenvalue weighted by Gasteiger charge is -2.34. The van der Waals surface area contributed by atoms with Crippen molar-refractivity contribution in [3.05, 3.63) is 55.9 Å². The molecule has 0 fully saturated rings. The molecular formula is C42H70N10O8. The van der Waals surface area contributed by atoms with Crippen LogP contribution in [0.5, 0.6) is 0 Å². The Morgan fingerprint density at radius 1 is 0.650 bits per heavy atom. The third kappa shape index (κ3) is 23.2. The van der Waals surface area contributed by atoms with E-state index in [-0.39, 0.29) is 28.4 Å². The molecule has 0 bridgehead atoms. The van der Waals surface area contributed by atoms with Crippen molar-refractivity contribution < 1.29 is 28.7 Å². The van der Waals surface area contributed by atoms with Gasteiger partial charge in [-0.15, -0.1) is 0 Å². The summed E-state index contributed by atoms with van der Waals surface area (Å²) in [5.74, 6) is 0.583. The van der Waals surface area contributed by atoms with Crippen molar-refractivity contribution in [1.29, 1.82) is 0 Å². The number of H-pyrrole nitrogens is 2. The molecule has 336 valence electrons. The van der Waals surface area contributed by atoms with Gasteiger partial charge < -0.3 is 30.7 Å². The van der Waals surface area contributed by atoms with Crippen LogP contribution in [-0.4, -0.2) is 83.6 Å². The molecule has 6 amide bonds. The number of allylic oxidation sites excluding steroid dienone is 2. The van der Waals surface area contributed by atoms with Gasteiger partial charge in [-0.25, -0.2) is 29.1 Å². The lowest BCUT2D eigenvalue weighted by atomic mass is 9.72. The Morgan fingerprint density at radius 3 is 1.50 bits per heavy atom. The Labute approximate surface area is 354 Å². The summed E-state index contributed by atoms with van der Waals surface area (Å²) in [4.78, 5) is 84.2. The molecule has 2 aromatic heterocycles. The number of rotatable bonds is 28. The normalized spacial score (nSPS) is 11.9. The summed E-state index contributed by atoms with van der Waals surface area (Å²) in [7, 11) is 0. The minimum Gasteiger partial charge on any atom is -0.450 e. The number of aromatic nitrogens is 4. The first-order valence-corrected chi connectivity index (χ1v) is 21.4. The van der Waals surface area contributed by atoms with Crippen LogP contribution in [0, 0.1) is 25.2 Å². The fourth-order valence-corrected chi connectivity index (χ4v) is 6.47. The molecule has 1 atom stereocenters. The number of amides is 6. The molecule has 0 spiro atoms. The number of nitrogens with zero attached hydrogens (tertiary/aromatic N) is 2. The standard InChI is InChI=1S/C42H70N10O8/c1-7-33(20-13-12-18-26-59-40(57)45-24-16-10-8-14-22-43-38(55)51-36-47-30(2)28-34(53)49-36)32(4)42(5,6)21-19-27-60-41(58)46-25-17-11-9-15-23-44-39(56)52-37-48-31(3)29-35(54)50-37/h7,28-29,32H,8-27H2,1-6H3,(H,45,57)(H,46,58)(H3,43,47,49,51,53,55)(H3,44,48,50,52,54,56)/b33-7+. The zero-order chi connectivity index (χ0) is 44.2. The first kappa shape index (κ1) is 50.7. The van der Waals surface area contributed by atoms with Gasteiger partial charge in [-0.1, -0.05) is 58.1 Å². The number of unbranched alkanes of at least 4 members (excludes halogenated alkanes) is 8. The van der Waals surface area contributed by atoms with Crippen molar-refractivity contribution in [3.63, 3.8) is 0 Å². The molecule has 60 heavy (non-hydrogen) atoms. The van der Waals surface area contributed by atoms with E-state index in [0.29, 0.717) is 56.7 Å². The topological polar surface area (TPSA) is 250 Å². The SMILES string of the molecule is C/C=C(\CCCCCOC(=O)NCCCCCCNC(=O)Nc1nc(C)cc(=O)[nH]1)C(C)C(C)(C)CCCOC(=O)NCCCCCCNC(=O)Nc1nc(C)cc(=O)[nH]1. The van der Waals surface area contributed by atoms with Gasteiger partial charge in [0.15, 0.2) is 0 Å². The first-order valence-electron chi connectivity index (χ1n) is 21.4. The lowest BCUT2D eigenvalue weighted by Crippen LogP contribution is -2.31. The average Bonchev–Trinajstić information content (AvgIpc) is 3.17. The molecule has 0 saturated heterocycles. The molecule has 0 aliphatic heterocycles. The van der Waals surface area contributed by atoms with E-state index in [1.54, 1.807) is 13.8 Å². The van der Waals surface area contributed by atoms with Crippen molar-refractivity contribution in [2.45, 2.75) is 131 Å². The molecule has 8 N–H and O–H groups in total. The largest absolute Gasteiger partial charge is 0.450 e. The van der Waals surface area contributed by atoms with Crippen LogP contribution < -0.4 is 43.0 Å². The highest BCUT2D eigenvalue weighted by Gasteiger charge is 2.27. The molecule has 18 heteroatoms. The average molecular weight is 843 g/mol. The van der Waals surface area contributed by atoms with Gasteiger partial charge in [0.2, 0.25) is 11.9 Å². The van der Waals surface area contributed by atoms with Gasteiger partial charge in [0.05, 0.1) is 13.2 Å². The first-order chi connectivity index (χ1) is 28.7. The van der Waals surface area contributed by atoms with Gasteiger partial charge in [0.1, 0.15) is 0 Å². The van der Waals surface area contributed by atoms with Crippen LogP contribution >= 0.6 is 0 Å². The van der Waals surface area contributed by atoms with Crippen LogP contribution in [0.4, 0.5) is 31.1 Å². The van der Waals surface area contributed by atoms with Crippen LogP contribution in [0.3, 0.4) is 0 Å². The minimum atomic E-state index is -0.430. The summed E-state index contributed by atoms with van der Waals surface area (Å²) in [6.07, 6.45) is 13.6. The number of aromatic amines is 2. The molecule has 0 aromatic carbocycles. The molecule has 2 aromatic rings. The third-order valence-corrected chi connectivity index (χ3v) is 10.2. The molecule has 0 radical (unpaired) electrons. The van der Waals surface area contributed by atoms with Crippen LogP contribution in [0.25, 0.3) is 0 Å². The maximum atomic E-state index is 12.2. The second-order valence-corrected chi connectivity index (χ2v) is 15.7. The third-order valence-electron chi connectivity index (χ3n) is 10.2. The Kier molecular flexibility index (Phi) is 24.4. The summed E-state index contributed by atoms with van der Waals surface area (Å²) < 4.78 is 10.8. The fraction of sp³-hybridized carbons (Fsp3) is 0.667. The van der Waals surface area contributed by atoms with Gasteiger partial charge in [-0.3, -0.25) is 30.2 Å². The van der Waals surface area contributed by atoms with Crippen molar-refractivity contribution in [3.8, 4) is 0 Å². The monoisotopic (exact) mass is 843 g/mol. The summed E-state index contributed by atoms with van der Waals surface area (Å²) in [5.41, 5.74) is 1.82. The maximum Gasteiger partial charge on any atom is 0.407 e. The van der Waals surface area contributed by atoms with Gasteiger partial charge in [0, 0.05) is 49.7 Å². The molecule has 0 saturated carbocycles. The Morgan fingerprint density at radius 2 is 1.07 bits per heavy atom. The predicted octanol–water partition coefficient (Wildman–Crippen LogP) is 6.94. The zero-order valence-corrected chi connectivity index (χ0v) is 36.6. The molecule has 0 aliphatic rings. The highest BCUT2D eigenvalue weighted by Crippen LogP contribution is 2.38. The number of ether oxygens (including phenoxy) is 2. The predicted molar refractivity (Wildman–Crippen MR) is 233 cm³/mol. The minimum absolute atomic E-state index is 0.0332. The lowest BCUT2D eigenvalue weighted by molar-refractivity contribution is 0.133. The number of alkyl carbamates (subject to hydrolysis) is 2. The van der Waals surface area contributed by atoms with E-state index in [4.69, 9.17) is 9.47 Å². The van der Waals surface area contributed by atoms with Crippen molar-refractivity contribution in [2.75, 3.05) is 50.0 Å². The Balaban J connectivity index is 1.42. The maximum absolute atomic E-state index is 12.2. The summed E-state index contributed by atoms with van der Waals surface area (Å²) >= 11 is 0.